The second kappa shape index (κ2) is 10.5. The molecule has 1 fully saturated rings. The number of aryl methyl sites for hydroxylation is 1. The van der Waals surface area contributed by atoms with Crippen LogP contribution < -0.4 is 5.32 Å². The summed E-state index contributed by atoms with van der Waals surface area (Å²) in [6.07, 6.45) is 4.40. The molecule has 2 amide bonds. The Bertz CT molecular complexity index is 819. The van der Waals surface area contributed by atoms with Crippen LogP contribution in [0.1, 0.15) is 43.7 Å². The van der Waals surface area contributed by atoms with E-state index in [-0.39, 0.29) is 17.9 Å². The fourth-order valence-corrected chi connectivity index (χ4v) is 4.53. The molecule has 3 rings (SSSR count). The highest BCUT2D eigenvalue weighted by Gasteiger charge is 2.28. The lowest BCUT2D eigenvalue weighted by Gasteiger charge is -2.29. The van der Waals surface area contributed by atoms with E-state index in [9.17, 15) is 9.59 Å². The summed E-state index contributed by atoms with van der Waals surface area (Å²) in [5.41, 5.74) is 2.19. The highest BCUT2D eigenvalue weighted by atomic mass is 32.2. The summed E-state index contributed by atoms with van der Waals surface area (Å²) >= 11 is 1.51. The zero-order valence-electron chi connectivity index (χ0n) is 17.3. The first-order valence-electron chi connectivity index (χ1n) is 10.4. The Labute approximate surface area is 178 Å². The molecule has 0 aromatic heterocycles. The van der Waals surface area contributed by atoms with Crippen molar-refractivity contribution in [3.63, 3.8) is 0 Å². The number of amides is 2. The summed E-state index contributed by atoms with van der Waals surface area (Å²) in [5.74, 6) is 0.244. The standard InChI is InChI=1S/C24H30N2O2S/c1-18-9-8-10-20(15-18)16-26(19(2)24(28)25-21-11-6-7-12-21)23(27)17-29-22-13-4-3-5-14-22/h3-5,8-10,13-15,19,21H,6-7,11-12,16-17H2,1-2H3,(H,25,28)/t19-/m1/s1. The van der Waals surface area contributed by atoms with Crippen molar-refractivity contribution in [1.29, 1.82) is 0 Å². The number of carbonyl (C=O) groups is 2. The summed E-state index contributed by atoms with van der Waals surface area (Å²) in [4.78, 5) is 28.8. The average Bonchev–Trinajstić information content (AvgIpc) is 3.23. The van der Waals surface area contributed by atoms with Gasteiger partial charge in [0, 0.05) is 17.5 Å². The maximum atomic E-state index is 13.1. The van der Waals surface area contributed by atoms with Crippen LogP contribution in [0.5, 0.6) is 0 Å². The first-order chi connectivity index (χ1) is 14.0. The molecule has 0 bridgehead atoms. The molecule has 1 aliphatic rings. The van der Waals surface area contributed by atoms with Gasteiger partial charge in [-0.3, -0.25) is 9.59 Å². The van der Waals surface area contributed by atoms with Crippen molar-refractivity contribution < 1.29 is 9.59 Å². The summed E-state index contributed by atoms with van der Waals surface area (Å²) in [7, 11) is 0. The SMILES string of the molecule is Cc1cccc(CN(C(=O)CSc2ccccc2)[C@H](C)C(=O)NC2CCCC2)c1. The van der Waals surface area contributed by atoms with E-state index in [0.717, 1.165) is 28.9 Å². The van der Waals surface area contributed by atoms with E-state index in [1.165, 1.54) is 24.6 Å². The molecule has 29 heavy (non-hydrogen) atoms. The predicted molar refractivity (Wildman–Crippen MR) is 119 cm³/mol. The summed E-state index contributed by atoms with van der Waals surface area (Å²) in [6.45, 7) is 4.32. The first kappa shape index (κ1) is 21.4. The molecule has 154 valence electrons. The third kappa shape index (κ3) is 6.36. The van der Waals surface area contributed by atoms with Gasteiger partial charge in [-0.15, -0.1) is 11.8 Å². The van der Waals surface area contributed by atoms with Gasteiger partial charge in [-0.25, -0.2) is 0 Å². The molecule has 1 N–H and O–H groups in total. The van der Waals surface area contributed by atoms with Crippen LogP contribution in [0.4, 0.5) is 0 Å². The van der Waals surface area contributed by atoms with Crippen LogP contribution in [0.25, 0.3) is 0 Å². The number of thioether (sulfide) groups is 1. The van der Waals surface area contributed by atoms with Crippen LogP contribution in [0.3, 0.4) is 0 Å². The van der Waals surface area contributed by atoms with E-state index < -0.39 is 6.04 Å². The van der Waals surface area contributed by atoms with Gasteiger partial charge in [-0.2, -0.15) is 0 Å². The number of rotatable bonds is 8. The van der Waals surface area contributed by atoms with Crippen molar-refractivity contribution in [2.45, 2.75) is 63.1 Å². The average molecular weight is 411 g/mol. The van der Waals surface area contributed by atoms with Gasteiger partial charge in [-0.1, -0.05) is 60.9 Å². The summed E-state index contributed by atoms with van der Waals surface area (Å²) in [5, 5.41) is 3.15. The van der Waals surface area contributed by atoms with Crippen LogP contribution in [-0.4, -0.2) is 34.6 Å². The van der Waals surface area contributed by atoms with E-state index >= 15 is 0 Å². The lowest BCUT2D eigenvalue weighted by atomic mass is 10.1. The minimum absolute atomic E-state index is 0.0190. The van der Waals surface area contributed by atoms with E-state index in [1.807, 2.05) is 62.4 Å². The van der Waals surface area contributed by atoms with Crippen LogP contribution in [0, 0.1) is 6.92 Å². The summed E-state index contributed by atoms with van der Waals surface area (Å²) < 4.78 is 0. The van der Waals surface area contributed by atoms with Crippen LogP contribution in [0.15, 0.2) is 59.5 Å². The Kier molecular flexibility index (Phi) is 7.76. The Morgan fingerprint density at radius 2 is 1.83 bits per heavy atom. The van der Waals surface area contributed by atoms with Gasteiger partial charge in [0.1, 0.15) is 6.04 Å². The number of nitrogens with one attached hydrogen (secondary N) is 1. The van der Waals surface area contributed by atoms with E-state index in [1.54, 1.807) is 4.90 Å². The number of nitrogens with zero attached hydrogens (tertiary/aromatic N) is 1. The van der Waals surface area contributed by atoms with Gasteiger partial charge in [-0.05, 0) is 44.4 Å². The van der Waals surface area contributed by atoms with Gasteiger partial charge >= 0.3 is 0 Å². The Morgan fingerprint density at radius 3 is 2.52 bits per heavy atom. The lowest BCUT2D eigenvalue weighted by molar-refractivity contribution is -0.138. The monoisotopic (exact) mass is 410 g/mol. The number of hydrogen-bond acceptors (Lipinski definition) is 3. The predicted octanol–water partition coefficient (Wildman–Crippen LogP) is 4.56. The zero-order chi connectivity index (χ0) is 20.6. The molecule has 0 unspecified atom stereocenters. The molecule has 2 aromatic rings. The molecule has 5 heteroatoms. The zero-order valence-corrected chi connectivity index (χ0v) is 18.1. The maximum Gasteiger partial charge on any atom is 0.242 e. The molecule has 0 radical (unpaired) electrons. The lowest BCUT2D eigenvalue weighted by Crippen LogP contribution is -2.50. The normalized spacial score (nSPS) is 15.1. The fraction of sp³-hybridized carbons (Fsp3) is 0.417. The van der Waals surface area contributed by atoms with Crippen molar-refractivity contribution in [2.24, 2.45) is 0 Å². The van der Waals surface area contributed by atoms with Gasteiger partial charge < -0.3 is 10.2 Å². The molecular formula is C24H30N2O2S. The molecule has 1 saturated carbocycles. The molecule has 0 heterocycles. The van der Waals surface area contributed by atoms with Crippen LogP contribution in [0.2, 0.25) is 0 Å². The molecule has 0 spiro atoms. The van der Waals surface area contributed by atoms with Crippen molar-refractivity contribution in [1.82, 2.24) is 10.2 Å². The Morgan fingerprint density at radius 1 is 1.10 bits per heavy atom. The Balaban J connectivity index is 1.70. The number of carbonyl (C=O) groups excluding carboxylic acids is 2. The van der Waals surface area contributed by atoms with Gasteiger partial charge in [0.25, 0.3) is 0 Å². The number of benzene rings is 2. The van der Waals surface area contributed by atoms with E-state index in [2.05, 4.69) is 11.4 Å². The second-order valence-corrected chi connectivity index (χ2v) is 8.83. The van der Waals surface area contributed by atoms with Crippen molar-refractivity contribution >= 4 is 23.6 Å². The van der Waals surface area contributed by atoms with Gasteiger partial charge in [0.05, 0.1) is 5.75 Å². The topological polar surface area (TPSA) is 49.4 Å². The first-order valence-corrected chi connectivity index (χ1v) is 11.3. The molecule has 0 saturated heterocycles. The molecule has 0 aliphatic heterocycles. The third-order valence-corrected chi connectivity index (χ3v) is 6.41. The quantitative estimate of drug-likeness (QED) is 0.649. The van der Waals surface area contributed by atoms with Crippen molar-refractivity contribution in [3.8, 4) is 0 Å². The molecule has 1 aliphatic carbocycles. The maximum absolute atomic E-state index is 13.1. The summed E-state index contributed by atoms with van der Waals surface area (Å²) in [6, 6.07) is 17.8. The van der Waals surface area contributed by atoms with Crippen molar-refractivity contribution in [2.75, 3.05) is 5.75 Å². The Hall–Kier alpha value is -2.27. The third-order valence-electron chi connectivity index (χ3n) is 5.41. The van der Waals surface area contributed by atoms with Gasteiger partial charge in [0.2, 0.25) is 11.8 Å². The molecule has 1 atom stereocenters. The second-order valence-electron chi connectivity index (χ2n) is 7.78. The van der Waals surface area contributed by atoms with Crippen LogP contribution in [-0.2, 0) is 16.1 Å². The van der Waals surface area contributed by atoms with E-state index in [4.69, 9.17) is 0 Å². The molecule has 4 nitrogen and oxygen atoms in total. The fourth-order valence-electron chi connectivity index (χ4n) is 3.73. The minimum Gasteiger partial charge on any atom is -0.352 e. The molecule has 2 aromatic carbocycles. The smallest absolute Gasteiger partial charge is 0.242 e. The highest BCUT2D eigenvalue weighted by Crippen LogP contribution is 2.21. The highest BCUT2D eigenvalue weighted by molar-refractivity contribution is 8.00. The largest absolute Gasteiger partial charge is 0.352 e. The molecular weight excluding hydrogens is 380 g/mol. The van der Waals surface area contributed by atoms with Gasteiger partial charge in [0.15, 0.2) is 0 Å². The van der Waals surface area contributed by atoms with Crippen molar-refractivity contribution in [3.05, 3.63) is 65.7 Å². The van der Waals surface area contributed by atoms with Crippen LogP contribution >= 0.6 is 11.8 Å². The number of hydrogen-bond donors (Lipinski definition) is 1. The van der Waals surface area contributed by atoms with E-state index in [0.29, 0.717) is 12.3 Å². The minimum atomic E-state index is -0.500.